The van der Waals surface area contributed by atoms with Gasteiger partial charge in [0, 0.05) is 24.5 Å². The number of anilines is 3. The molecule has 0 fully saturated rings. The second-order valence-electron chi connectivity index (χ2n) is 4.46. The van der Waals surface area contributed by atoms with Crippen LogP contribution in [0, 0.1) is 6.92 Å². The van der Waals surface area contributed by atoms with Crippen molar-refractivity contribution in [1.29, 1.82) is 0 Å². The number of rotatable bonds is 5. The van der Waals surface area contributed by atoms with Gasteiger partial charge in [0.15, 0.2) is 0 Å². The fourth-order valence-corrected chi connectivity index (χ4v) is 1.91. The highest BCUT2D eigenvalue weighted by atomic mass is 35.5. The fraction of sp³-hybridized carbons (Fsp3) is 0.267. The Labute approximate surface area is 119 Å². The van der Waals surface area contributed by atoms with Crippen LogP contribution in [0.2, 0.25) is 5.02 Å². The number of hydrogen-bond acceptors (Lipinski definition) is 3. The molecule has 0 radical (unpaired) electrons. The van der Waals surface area contributed by atoms with Crippen molar-refractivity contribution in [2.24, 2.45) is 0 Å². The highest BCUT2D eigenvalue weighted by molar-refractivity contribution is 6.33. The molecule has 0 aliphatic rings. The molecular weight excluding hydrogens is 258 g/mol. The quantitative estimate of drug-likeness (QED) is 0.837. The van der Waals surface area contributed by atoms with E-state index in [1.165, 1.54) is 5.56 Å². The van der Waals surface area contributed by atoms with Crippen molar-refractivity contribution in [3.05, 3.63) is 47.1 Å². The molecule has 4 heteroatoms. The van der Waals surface area contributed by atoms with Gasteiger partial charge in [-0.1, -0.05) is 24.6 Å². The number of hydrogen-bond donors (Lipinski definition) is 2. The third-order valence-corrected chi connectivity index (χ3v) is 3.05. The Morgan fingerprint density at radius 2 is 2.05 bits per heavy atom. The van der Waals surface area contributed by atoms with Crippen molar-refractivity contribution in [3.63, 3.8) is 0 Å². The number of halogens is 1. The van der Waals surface area contributed by atoms with Crippen LogP contribution in [0.1, 0.15) is 18.9 Å². The molecule has 0 saturated heterocycles. The molecule has 3 nitrogen and oxygen atoms in total. The monoisotopic (exact) mass is 275 g/mol. The minimum Gasteiger partial charge on any atom is -0.370 e. The molecular formula is C15H18ClN3. The summed E-state index contributed by atoms with van der Waals surface area (Å²) in [6.45, 7) is 5.09. The number of aryl methyl sites for hydroxylation is 1. The third-order valence-electron chi connectivity index (χ3n) is 2.72. The van der Waals surface area contributed by atoms with Gasteiger partial charge in [-0.3, -0.25) is 0 Å². The number of aromatic nitrogens is 1. The van der Waals surface area contributed by atoms with Crippen LogP contribution < -0.4 is 10.6 Å². The van der Waals surface area contributed by atoms with E-state index in [1.54, 1.807) is 6.20 Å². The van der Waals surface area contributed by atoms with Gasteiger partial charge in [0.25, 0.3) is 0 Å². The molecule has 2 aromatic rings. The molecule has 19 heavy (non-hydrogen) atoms. The van der Waals surface area contributed by atoms with E-state index in [0.29, 0.717) is 5.02 Å². The fourth-order valence-electron chi connectivity index (χ4n) is 1.75. The zero-order chi connectivity index (χ0) is 13.7. The summed E-state index contributed by atoms with van der Waals surface area (Å²) in [6, 6.07) is 9.83. The van der Waals surface area contributed by atoms with Crippen LogP contribution >= 0.6 is 11.6 Å². The molecule has 0 aliphatic carbocycles. The Kier molecular flexibility index (Phi) is 4.63. The Morgan fingerprint density at radius 3 is 2.84 bits per heavy atom. The number of pyridine rings is 1. The van der Waals surface area contributed by atoms with Crippen LogP contribution in [0.5, 0.6) is 0 Å². The van der Waals surface area contributed by atoms with Gasteiger partial charge in [0.1, 0.15) is 5.82 Å². The van der Waals surface area contributed by atoms with E-state index in [0.717, 1.165) is 30.2 Å². The van der Waals surface area contributed by atoms with Gasteiger partial charge in [0.2, 0.25) is 0 Å². The van der Waals surface area contributed by atoms with Crippen LogP contribution in [-0.2, 0) is 0 Å². The maximum Gasteiger partial charge on any atom is 0.127 e. The van der Waals surface area contributed by atoms with Gasteiger partial charge in [-0.15, -0.1) is 0 Å². The molecule has 1 heterocycles. The zero-order valence-electron chi connectivity index (χ0n) is 11.2. The topological polar surface area (TPSA) is 37.0 Å². The van der Waals surface area contributed by atoms with Gasteiger partial charge in [-0.05, 0) is 37.1 Å². The summed E-state index contributed by atoms with van der Waals surface area (Å²) in [5.41, 5.74) is 3.06. The van der Waals surface area contributed by atoms with Crippen molar-refractivity contribution >= 4 is 28.8 Å². The largest absolute Gasteiger partial charge is 0.370 e. The standard InChI is InChI=1S/C15H18ClN3/c1-3-7-17-15-10-12(6-8-18-15)19-14-9-11(2)4-5-13(14)16/h4-6,8-10H,3,7H2,1-2H3,(H2,17,18,19). The van der Waals surface area contributed by atoms with Crippen molar-refractivity contribution < 1.29 is 0 Å². The SMILES string of the molecule is CCCNc1cc(Nc2cc(C)ccc2Cl)ccn1. The van der Waals surface area contributed by atoms with Gasteiger partial charge >= 0.3 is 0 Å². The smallest absolute Gasteiger partial charge is 0.127 e. The summed E-state index contributed by atoms with van der Waals surface area (Å²) in [5.74, 6) is 0.871. The van der Waals surface area contributed by atoms with Crippen LogP contribution in [0.3, 0.4) is 0 Å². The van der Waals surface area contributed by atoms with E-state index >= 15 is 0 Å². The highest BCUT2D eigenvalue weighted by Crippen LogP contribution is 2.26. The van der Waals surface area contributed by atoms with Crippen LogP contribution in [-0.4, -0.2) is 11.5 Å². The molecule has 0 bridgehead atoms. The average molecular weight is 276 g/mol. The average Bonchev–Trinajstić information content (AvgIpc) is 2.41. The van der Waals surface area contributed by atoms with E-state index in [4.69, 9.17) is 11.6 Å². The summed E-state index contributed by atoms with van der Waals surface area (Å²) in [7, 11) is 0. The van der Waals surface area contributed by atoms with E-state index in [1.807, 2.05) is 37.3 Å². The molecule has 0 aliphatic heterocycles. The summed E-state index contributed by atoms with van der Waals surface area (Å²) in [5, 5.41) is 7.29. The molecule has 0 amide bonds. The first kappa shape index (κ1) is 13.7. The number of nitrogens with zero attached hydrogens (tertiary/aromatic N) is 1. The molecule has 100 valence electrons. The summed E-state index contributed by atoms with van der Waals surface area (Å²) in [4.78, 5) is 4.27. The van der Waals surface area contributed by atoms with E-state index < -0.39 is 0 Å². The first-order valence-electron chi connectivity index (χ1n) is 6.42. The van der Waals surface area contributed by atoms with E-state index in [-0.39, 0.29) is 0 Å². The lowest BCUT2D eigenvalue weighted by molar-refractivity contribution is 0.969. The van der Waals surface area contributed by atoms with Gasteiger partial charge in [-0.2, -0.15) is 0 Å². The molecule has 0 saturated carbocycles. The maximum absolute atomic E-state index is 6.18. The molecule has 1 aromatic carbocycles. The van der Waals surface area contributed by atoms with Crippen molar-refractivity contribution in [2.75, 3.05) is 17.2 Å². The molecule has 0 atom stereocenters. The summed E-state index contributed by atoms with van der Waals surface area (Å²) >= 11 is 6.18. The Morgan fingerprint density at radius 1 is 1.21 bits per heavy atom. The lowest BCUT2D eigenvalue weighted by atomic mass is 10.2. The molecule has 2 N–H and O–H groups in total. The van der Waals surface area contributed by atoms with E-state index in [9.17, 15) is 0 Å². The minimum absolute atomic E-state index is 0.713. The van der Waals surface area contributed by atoms with Crippen molar-refractivity contribution in [1.82, 2.24) is 4.98 Å². The number of benzene rings is 1. The molecule has 1 aromatic heterocycles. The summed E-state index contributed by atoms with van der Waals surface area (Å²) < 4.78 is 0. The van der Waals surface area contributed by atoms with E-state index in [2.05, 4.69) is 22.5 Å². The first-order valence-corrected chi connectivity index (χ1v) is 6.80. The predicted octanol–water partition coefficient (Wildman–Crippen LogP) is 4.61. The Bertz CT molecular complexity index is 555. The minimum atomic E-state index is 0.713. The van der Waals surface area contributed by atoms with Gasteiger partial charge < -0.3 is 10.6 Å². The third kappa shape index (κ3) is 3.86. The number of nitrogens with one attached hydrogen (secondary N) is 2. The normalized spacial score (nSPS) is 10.3. The lowest BCUT2D eigenvalue weighted by Crippen LogP contribution is -2.02. The molecule has 2 rings (SSSR count). The maximum atomic E-state index is 6.18. The van der Waals surface area contributed by atoms with Gasteiger partial charge in [0.05, 0.1) is 10.7 Å². The van der Waals surface area contributed by atoms with Crippen LogP contribution in [0.25, 0.3) is 0 Å². The summed E-state index contributed by atoms with van der Waals surface area (Å²) in [6.07, 6.45) is 2.85. The second-order valence-corrected chi connectivity index (χ2v) is 4.87. The Balaban J connectivity index is 2.16. The Hall–Kier alpha value is -1.74. The van der Waals surface area contributed by atoms with Crippen molar-refractivity contribution in [2.45, 2.75) is 20.3 Å². The molecule has 0 unspecified atom stereocenters. The lowest BCUT2D eigenvalue weighted by Gasteiger charge is -2.11. The predicted molar refractivity (Wildman–Crippen MR) is 82.5 cm³/mol. The molecule has 0 spiro atoms. The van der Waals surface area contributed by atoms with Crippen LogP contribution in [0.15, 0.2) is 36.5 Å². The highest BCUT2D eigenvalue weighted by Gasteiger charge is 2.02. The van der Waals surface area contributed by atoms with Crippen LogP contribution in [0.4, 0.5) is 17.2 Å². The zero-order valence-corrected chi connectivity index (χ0v) is 12.0. The first-order chi connectivity index (χ1) is 9.19. The second kappa shape index (κ2) is 6.43. The van der Waals surface area contributed by atoms with Gasteiger partial charge in [-0.25, -0.2) is 4.98 Å². The van der Waals surface area contributed by atoms with Crippen molar-refractivity contribution in [3.8, 4) is 0 Å².